The maximum absolute atomic E-state index is 5.59. The van der Waals surface area contributed by atoms with Gasteiger partial charge in [-0.3, -0.25) is 0 Å². The molecule has 5 rings (SSSR count). The van der Waals surface area contributed by atoms with Crippen molar-refractivity contribution in [1.82, 2.24) is 9.97 Å². The number of fused-ring (bicyclic) bond motifs is 3. The number of hydrogen-bond donors (Lipinski definition) is 2. The molecule has 1 aliphatic heterocycles. The number of ether oxygens (including phenoxy) is 2. The smallest absolute Gasteiger partial charge is 0.187 e. The fourth-order valence-electron chi connectivity index (χ4n) is 4.59. The Morgan fingerprint density at radius 1 is 1.20 bits per heavy atom. The van der Waals surface area contributed by atoms with Gasteiger partial charge in [-0.1, -0.05) is 18.2 Å². The van der Waals surface area contributed by atoms with Crippen LogP contribution in [0.25, 0.3) is 10.2 Å². The van der Waals surface area contributed by atoms with Gasteiger partial charge in [0.25, 0.3) is 0 Å². The molecule has 3 heterocycles. The highest BCUT2D eigenvalue weighted by Crippen LogP contribution is 2.40. The van der Waals surface area contributed by atoms with E-state index in [1.165, 1.54) is 33.6 Å². The zero-order valence-corrected chi connectivity index (χ0v) is 18.5. The fraction of sp³-hybridized carbons (Fsp3) is 0.478. The van der Waals surface area contributed by atoms with Gasteiger partial charge in [0.2, 0.25) is 0 Å². The average molecular weight is 426 g/mol. The number of nitrogens with one attached hydrogen (secondary N) is 2. The zero-order chi connectivity index (χ0) is 20.5. The van der Waals surface area contributed by atoms with E-state index in [2.05, 4.69) is 24.4 Å². The monoisotopic (exact) mass is 425 g/mol. The van der Waals surface area contributed by atoms with Crippen molar-refractivity contribution in [3.05, 3.63) is 46.1 Å². The molecule has 1 fully saturated rings. The van der Waals surface area contributed by atoms with E-state index < -0.39 is 0 Å². The van der Waals surface area contributed by atoms with Gasteiger partial charge in [-0.25, -0.2) is 9.97 Å². The molecule has 0 amide bonds. The van der Waals surface area contributed by atoms with E-state index in [1.54, 1.807) is 7.11 Å². The third-order valence-corrected chi connectivity index (χ3v) is 7.36. The molecule has 1 atom stereocenters. The molecule has 1 aliphatic carbocycles. The second kappa shape index (κ2) is 8.49. The molecular formula is C23H29N4O2S+. The number of quaternary nitrogens is 1. The summed E-state index contributed by atoms with van der Waals surface area (Å²) in [7, 11) is 1.73. The van der Waals surface area contributed by atoms with Crippen molar-refractivity contribution < 1.29 is 14.4 Å². The molecule has 30 heavy (non-hydrogen) atoms. The van der Waals surface area contributed by atoms with Crippen molar-refractivity contribution >= 4 is 27.4 Å². The number of nitrogens with zero attached hydrogens (tertiary/aromatic N) is 2. The number of anilines is 1. The molecule has 1 saturated heterocycles. The Labute approximate surface area is 181 Å². The van der Waals surface area contributed by atoms with Crippen LogP contribution in [0.1, 0.15) is 41.2 Å². The lowest BCUT2D eigenvalue weighted by molar-refractivity contribution is -0.922. The molecular weight excluding hydrogens is 396 g/mol. The summed E-state index contributed by atoms with van der Waals surface area (Å²) in [5.74, 6) is 2.80. The molecule has 2 aromatic heterocycles. The number of hydrogen-bond acceptors (Lipinski definition) is 6. The average Bonchev–Trinajstić information content (AvgIpc) is 3.35. The van der Waals surface area contributed by atoms with Crippen LogP contribution in [0, 0.1) is 0 Å². The van der Waals surface area contributed by atoms with Gasteiger partial charge in [0.05, 0.1) is 31.8 Å². The third kappa shape index (κ3) is 3.77. The minimum absolute atomic E-state index is 0.0831. The van der Waals surface area contributed by atoms with E-state index in [-0.39, 0.29) is 6.04 Å². The first-order chi connectivity index (χ1) is 14.7. The largest absolute Gasteiger partial charge is 0.496 e. The van der Waals surface area contributed by atoms with Crippen LogP contribution in [-0.4, -0.2) is 43.4 Å². The summed E-state index contributed by atoms with van der Waals surface area (Å²) in [6.45, 7) is 6.69. The van der Waals surface area contributed by atoms with Crippen LogP contribution in [0.3, 0.4) is 0 Å². The van der Waals surface area contributed by atoms with Crippen LogP contribution in [0.2, 0.25) is 0 Å². The lowest BCUT2D eigenvalue weighted by atomic mass is 10.1. The number of rotatable bonds is 6. The van der Waals surface area contributed by atoms with Gasteiger partial charge >= 0.3 is 0 Å². The number of thiophene rings is 1. The highest BCUT2D eigenvalue weighted by atomic mass is 32.1. The highest BCUT2D eigenvalue weighted by Gasteiger charge is 2.25. The van der Waals surface area contributed by atoms with E-state index >= 15 is 0 Å². The minimum atomic E-state index is 0.0831. The molecule has 2 aliphatic rings. The Hall–Kier alpha value is -2.22. The number of methoxy groups -OCH3 is 1. The first-order valence-corrected chi connectivity index (χ1v) is 11.7. The second-order valence-electron chi connectivity index (χ2n) is 8.17. The molecule has 0 unspecified atom stereocenters. The molecule has 0 spiro atoms. The van der Waals surface area contributed by atoms with E-state index in [4.69, 9.17) is 19.4 Å². The normalized spacial score (nSPS) is 17.8. The number of benzene rings is 1. The van der Waals surface area contributed by atoms with Crippen LogP contribution >= 0.6 is 11.3 Å². The van der Waals surface area contributed by atoms with E-state index in [0.29, 0.717) is 0 Å². The summed E-state index contributed by atoms with van der Waals surface area (Å²) in [5, 5.41) is 4.94. The third-order valence-electron chi connectivity index (χ3n) is 6.18. The standard InChI is InChI=1S/C23H28N4O2S/c1-15(16-6-3-4-8-18(16)28-2)24-22-21-17-7-5-9-19(17)30-23(21)26-20(25-22)14-27-10-12-29-13-11-27/h3-4,6,8,15H,5,7,9-14H2,1-2H3,(H,24,25,26)/p+1/t15-/m1/s1. The summed E-state index contributed by atoms with van der Waals surface area (Å²) in [5.41, 5.74) is 2.59. The van der Waals surface area contributed by atoms with E-state index in [9.17, 15) is 0 Å². The summed E-state index contributed by atoms with van der Waals surface area (Å²) in [4.78, 5) is 14.2. The number of morpholine rings is 1. The highest BCUT2D eigenvalue weighted by molar-refractivity contribution is 7.19. The molecule has 3 aromatic rings. The van der Waals surface area contributed by atoms with Gasteiger partial charge in [-0.15, -0.1) is 11.3 Å². The number of aryl methyl sites for hydroxylation is 2. The molecule has 7 heteroatoms. The first-order valence-electron chi connectivity index (χ1n) is 10.8. The molecule has 0 radical (unpaired) electrons. The van der Waals surface area contributed by atoms with Gasteiger partial charge in [0.1, 0.15) is 36.0 Å². The number of para-hydroxylation sites is 1. The van der Waals surface area contributed by atoms with Crippen LogP contribution in [0.4, 0.5) is 5.82 Å². The van der Waals surface area contributed by atoms with Gasteiger partial charge in [0, 0.05) is 10.4 Å². The Bertz CT molecular complexity index is 1050. The van der Waals surface area contributed by atoms with E-state index in [0.717, 1.165) is 67.1 Å². The zero-order valence-electron chi connectivity index (χ0n) is 17.7. The van der Waals surface area contributed by atoms with Crippen LogP contribution in [0.15, 0.2) is 24.3 Å². The summed E-state index contributed by atoms with van der Waals surface area (Å²) in [6, 6.07) is 8.28. The lowest BCUT2D eigenvalue weighted by Gasteiger charge is -2.23. The van der Waals surface area contributed by atoms with Gasteiger partial charge in [0.15, 0.2) is 5.82 Å². The maximum atomic E-state index is 5.59. The maximum Gasteiger partial charge on any atom is 0.187 e. The van der Waals surface area contributed by atoms with Crippen LogP contribution in [-0.2, 0) is 24.1 Å². The van der Waals surface area contributed by atoms with Crippen molar-refractivity contribution in [2.24, 2.45) is 0 Å². The Balaban J connectivity index is 1.51. The van der Waals surface area contributed by atoms with Crippen LogP contribution in [0.5, 0.6) is 5.75 Å². The van der Waals surface area contributed by atoms with Gasteiger partial charge < -0.3 is 19.7 Å². The molecule has 0 bridgehead atoms. The molecule has 1 aromatic carbocycles. The van der Waals surface area contributed by atoms with Crippen LogP contribution < -0.4 is 15.0 Å². The Morgan fingerprint density at radius 3 is 2.87 bits per heavy atom. The SMILES string of the molecule is COc1ccccc1[C@@H](C)Nc1nc(C[NH+]2CCOCC2)nc2sc3c(c12)CCC3. The van der Waals surface area contributed by atoms with Gasteiger partial charge in [-0.05, 0) is 37.8 Å². The molecule has 2 N–H and O–H groups in total. The minimum Gasteiger partial charge on any atom is -0.496 e. The van der Waals surface area contributed by atoms with Crippen molar-refractivity contribution in [2.75, 3.05) is 38.7 Å². The second-order valence-corrected chi connectivity index (χ2v) is 9.26. The lowest BCUT2D eigenvalue weighted by Crippen LogP contribution is -3.12. The van der Waals surface area contributed by atoms with Gasteiger partial charge in [-0.2, -0.15) is 0 Å². The summed E-state index contributed by atoms with van der Waals surface area (Å²) < 4.78 is 11.1. The predicted molar refractivity (Wildman–Crippen MR) is 120 cm³/mol. The van der Waals surface area contributed by atoms with Crippen molar-refractivity contribution in [1.29, 1.82) is 0 Å². The van der Waals surface area contributed by atoms with Crippen molar-refractivity contribution in [3.63, 3.8) is 0 Å². The van der Waals surface area contributed by atoms with Crippen molar-refractivity contribution in [3.8, 4) is 5.75 Å². The summed E-state index contributed by atoms with van der Waals surface area (Å²) in [6.07, 6.45) is 3.53. The first kappa shape index (κ1) is 19.7. The predicted octanol–water partition coefficient (Wildman–Crippen LogP) is 2.78. The topological polar surface area (TPSA) is 60.7 Å². The fourth-order valence-corrected chi connectivity index (χ4v) is 5.87. The Kier molecular flexibility index (Phi) is 5.58. The Morgan fingerprint density at radius 2 is 2.03 bits per heavy atom. The number of aromatic nitrogens is 2. The molecule has 0 saturated carbocycles. The quantitative estimate of drug-likeness (QED) is 0.636. The van der Waals surface area contributed by atoms with E-state index in [1.807, 2.05) is 23.5 Å². The van der Waals surface area contributed by atoms with Crippen molar-refractivity contribution in [2.45, 2.75) is 38.8 Å². The molecule has 6 nitrogen and oxygen atoms in total. The molecule has 158 valence electrons. The summed E-state index contributed by atoms with van der Waals surface area (Å²) >= 11 is 1.86.